The minimum Gasteiger partial charge on any atom is -0.201 e. The van der Waals surface area contributed by atoms with Crippen molar-refractivity contribution in [2.24, 2.45) is 0 Å². The van der Waals surface area contributed by atoms with Crippen molar-refractivity contribution in [3.63, 3.8) is 0 Å². The summed E-state index contributed by atoms with van der Waals surface area (Å²) in [6.45, 7) is 4.56. The monoisotopic (exact) mass is 166 g/mol. The topological polar surface area (TPSA) is 3.88 Å². The largest absolute Gasteiger partial charge is 0.201 e. The fourth-order valence-electron chi connectivity index (χ4n) is 0.851. The molecular weight excluding hydrogens is 154 g/mol. The van der Waals surface area contributed by atoms with E-state index < -0.39 is 0 Å². The summed E-state index contributed by atoms with van der Waals surface area (Å²) in [5.74, 6) is 0. The molecule has 0 aliphatic rings. The Hall–Kier alpha value is -0.760. The SMILES string of the molecule is C=CC[n+]1ccc(SC)cc1. The van der Waals surface area contributed by atoms with Gasteiger partial charge in [-0.3, -0.25) is 0 Å². The molecule has 0 unspecified atom stereocenters. The maximum absolute atomic E-state index is 3.67. The summed E-state index contributed by atoms with van der Waals surface area (Å²) in [5.41, 5.74) is 0. The lowest BCUT2D eigenvalue weighted by Gasteiger charge is -1.93. The number of rotatable bonds is 3. The van der Waals surface area contributed by atoms with Gasteiger partial charge in [-0.25, -0.2) is 4.57 Å². The molecule has 0 amide bonds. The van der Waals surface area contributed by atoms with Gasteiger partial charge in [0.15, 0.2) is 18.9 Å². The van der Waals surface area contributed by atoms with Crippen LogP contribution in [0.3, 0.4) is 0 Å². The highest BCUT2D eigenvalue weighted by Crippen LogP contribution is 2.10. The molecule has 11 heavy (non-hydrogen) atoms. The van der Waals surface area contributed by atoms with Gasteiger partial charge in [-0.05, 0) is 12.3 Å². The van der Waals surface area contributed by atoms with Gasteiger partial charge < -0.3 is 0 Å². The number of nitrogens with zero attached hydrogens (tertiary/aromatic N) is 1. The van der Waals surface area contributed by atoms with Gasteiger partial charge in [0.2, 0.25) is 0 Å². The molecule has 0 aromatic carbocycles. The van der Waals surface area contributed by atoms with E-state index in [2.05, 4.69) is 41.9 Å². The number of aromatic nitrogens is 1. The van der Waals surface area contributed by atoms with Crippen LogP contribution in [0.25, 0.3) is 0 Å². The first-order valence-corrected chi connectivity index (χ1v) is 4.73. The van der Waals surface area contributed by atoms with Gasteiger partial charge >= 0.3 is 0 Å². The maximum Gasteiger partial charge on any atom is 0.170 e. The first-order valence-electron chi connectivity index (χ1n) is 3.51. The lowest BCUT2D eigenvalue weighted by atomic mass is 10.4. The summed E-state index contributed by atoms with van der Waals surface area (Å²) < 4.78 is 2.09. The third-order valence-electron chi connectivity index (χ3n) is 1.44. The van der Waals surface area contributed by atoms with E-state index in [-0.39, 0.29) is 0 Å². The van der Waals surface area contributed by atoms with Crippen molar-refractivity contribution in [2.45, 2.75) is 11.4 Å². The highest BCUT2D eigenvalue weighted by molar-refractivity contribution is 7.98. The van der Waals surface area contributed by atoms with E-state index in [0.29, 0.717) is 0 Å². The molecule has 0 atom stereocenters. The molecule has 2 heteroatoms. The molecule has 0 saturated carbocycles. The van der Waals surface area contributed by atoms with Crippen molar-refractivity contribution in [2.75, 3.05) is 6.26 Å². The minimum absolute atomic E-state index is 0.884. The second-order valence-electron chi connectivity index (χ2n) is 2.22. The predicted molar refractivity (Wildman–Crippen MR) is 48.6 cm³/mol. The third-order valence-corrected chi connectivity index (χ3v) is 2.18. The Labute approximate surface area is 71.8 Å². The molecule has 0 aliphatic carbocycles. The molecule has 1 rings (SSSR count). The summed E-state index contributed by atoms with van der Waals surface area (Å²) in [5, 5.41) is 0. The number of hydrogen-bond acceptors (Lipinski definition) is 1. The molecule has 0 aliphatic heterocycles. The summed E-state index contributed by atoms with van der Waals surface area (Å²) in [4.78, 5) is 1.30. The number of hydrogen-bond donors (Lipinski definition) is 0. The highest BCUT2D eigenvalue weighted by Gasteiger charge is 1.95. The van der Waals surface area contributed by atoms with Crippen LogP contribution < -0.4 is 4.57 Å². The summed E-state index contributed by atoms with van der Waals surface area (Å²) in [6, 6.07) is 4.21. The third kappa shape index (κ3) is 2.39. The Morgan fingerprint density at radius 3 is 2.64 bits per heavy atom. The van der Waals surface area contributed by atoms with E-state index in [9.17, 15) is 0 Å². The zero-order valence-electron chi connectivity index (χ0n) is 6.66. The molecule has 1 aromatic heterocycles. The van der Waals surface area contributed by atoms with E-state index in [0.717, 1.165) is 6.54 Å². The molecule has 0 radical (unpaired) electrons. The zero-order chi connectivity index (χ0) is 8.10. The van der Waals surface area contributed by atoms with Gasteiger partial charge in [-0.15, -0.1) is 11.8 Å². The zero-order valence-corrected chi connectivity index (χ0v) is 7.47. The van der Waals surface area contributed by atoms with Crippen LogP contribution in [0.2, 0.25) is 0 Å². The van der Waals surface area contributed by atoms with Gasteiger partial charge in [0, 0.05) is 17.0 Å². The van der Waals surface area contributed by atoms with Gasteiger partial charge in [0.1, 0.15) is 0 Å². The molecule has 58 valence electrons. The van der Waals surface area contributed by atoms with E-state index in [1.54, 1.807) is 11.8 Å². The summed E-state index contributed by atoms with van der Waals surface area (Å²) >= 11 is 1.76. The Kier molecular flexibility index (Phi) is 3.17. The molecule has 0 fully saturated rings. The molecule has 1 heterocycles. The van der Waals surface area contributed by atoms with Gasteiger partial charge in [0.05, 0.1) is 0 Å². The van der Waals surface area contributed by atoms with Crippen LogP contribution in [0, 0.1) is 0 Å². The van der Waals surface area contributed by atoms with Crippen molar-refractivity contribution in [3.05, 3.63) is 37.2 Å². The number of pyridine rings is 1. The van der Waals surface area contributed by atoms with E-state index in [1.165, 1.54) is 4.90 Å². The first kappa shape index (κ1) is 8.34. The summed E-state index contributed by atoms with van der Waals surface area (Å²) in [6.07, 6.45) is 8.09. The van der Waals surface area contributed by atoms with Gasteiger partial charge in [-0.2, -0.15) is 0 Å². The molecule has 0 bridgehead atoms. The van der Waals surface area contributed by atoms with Gasteiger partial charge in [0.25, 0.3) is 0 Å². The van der Waals surface area contributed by atoms with Crippen LogP contribution in [0.5, 0.6) is 0 Å². The van der Waals surface area contributed by atoms with Crippen LogP contribution in [-0.4, -0.2) is 6.26 Å². The van der Waals surface area contributed by atoms with Crippen LogP contribution in [0.4, 0.5) is 0 Å². The average Bonchev–Trinajstić information content (AvgIpc) is 2.07. The van der Waals surface area contributed by atoms with Crippen LogP contribution in [0.1, 0.15) is 0 Å². The van der Waals surface area contributed by atoms with Crippen LogP contribution in [0.15, 0.2) is 42.1 Å². The molecule has 1 aromatic rings. The van der Waals surface area contributed by atoms with Crippen molar-refractivity contribution < 1.29 is 4.57 Å². The second-order valence-corrected chi connectivity index (χ2v) is 3.10. The Morgan fingerprint density at radius 2 is 2.18 bits per heavy atom. The lowest BCUT2D eigenvalue weighted by molar-refractivity contribution is -0.687. The first-order chi connectivity index (χ1) is 5.36. The standard InChI is InChI=1S/C9H12NS/c1-3-6-10-7-4-9(11-2)5-8-10/h3-5,7-8H,1,6H2,2H3/q+1. The Bertz CT molecular complexity index is 228. The molecule has 0 saturated heterocycles. The van der Waals surface area contributed by atoms with Crippen molar-refractivity contribution in [3.8, 4) is 0 Å². The van der Waals surface area contributed by atoms with Crippen LogP contribution in [-0.2, 0) is 6.54 Å². The maximum atomic E-state index is 3.67. The molecular formula is C9H12NS+. The number of allylic oxidation sites excluding steroid dienone is 1. The smallest absolute Gasteiger partial charge is 0.170 e. The molecule has 1 nitrogen and oxygen atoms in total. The lowest BCUT2D eigenvalue weighted by Crippen LogP contribution is -2.31. The normalized spacial score (nSPS) is 9.55. The fourth-order valence-corrected chi connectivity index (χ4v) is 1.24. The second kappa shape index (κ2) is 4.19. The van der Waals surface area contributed by atoms with Gasteiger partial charge in [-0.1, -0.05) is 6.58 Å². The molecule has 0 spiro atoms. The summed E-state index contributed by atoms with van der Waals surface area (Å²) in [7, 11) is 0. The average molecular weight is 166 g/mol. The fraction of sp³-hybridized carbons (Fsp3) is 0.222. The number of thioether (sulfide) groups is 1. The van der Waals surface area contributed by atoms with Crippen molar-refractivity contribution >= 4 is 11.8 Å². The minimum atomic E-state index is 0.884. The van der Waals surface area contributed by atoms with Crippen molar-refractivity contribution in [1.29, 1.82) is 0 Å². The van der Waals surface area contributed by atoms with Crippen LogP contribution >= 0.6 is 11.8 Å². The van der Waals surface area contributed by atoms with E-state index in [1.807, 2.05) is 6.08 Å². The highest BCUT2D eigenvalue weighted by atomic mass is 32.2. The molecule has 0 N–H and O–H groups in total. The Morgan fingerprint density at radius 1 is 1.55 bits per heavy atom. The predicted octanol–water partition coefficient (Wildman–Crippen LogP) is 1.88. The van der Waals surface area contributed by atoms with E-state index >= 15 is 0 Å². The van der Waals surface area contributed by atoms with Crippen molar-refractivity contribution in [1.82, 2.24) is 0 Å². The Balaban J connectivity index is 2.74. The quantitative estimate of drug-likeness (QED) is 0.377. The van der Waals surface area contributed by atoms with E-state index in [4.69, 9.17) is 0 Å².